The Bertz CT molecular complexity index is 416. The fraction of sp³-hybridized carbons (Fsp3) is 0.571. The summed E-state index contributed by atoms with van der Waals surface area (Å²) in [5.41, 5.74) is 0.168. The van der Waals surface area contributed by atoms with Crippen LogP contribution in [0.2, 0.25) is 0 Å². The highest BCUT2D eigenvalue weighted by atomic mass is 35.5. The van der Waals surface area contributed by atoms with Gasteiger partial charge in [-0.15, -0.1) is 11.6 Å². The normalized spacial score (nSPS) is 24.3. The van der Waals surface area contributed by atoms with Crippen LogP contribution in [0, 0.1) is 0 Å². The largest absolute Gasteiger partial charge is 0.416 e. The molecule has 1 aliphatic rings. The Kier molecular flexibility index (Phi) is 4.29. The SMILES string of the molecule is CN(c1ccc(C(F)(F)F)cc1)C1CCCCC1Cl. The van der Waals surface area contributed by atoms with Gasteiger partial charge in [0.05, 0.1) is 10.9 Å². The number of nitrogens with zero attached hydrogens (tertiary/aromatic N) is 1. The van der Waals surface area contributed by atoms with Crippen LogP contribution in [0.1, 0.15) is 31.2 Å². The lowest BCUT2D eigenvalue weighted by Crippen LogP contribution is -2.40. The highest BCUT2D eigenvalue weighted by molar-refractivity contribution is 6.21. The van der Waals surface area contributed by atoms with Crippen molar-refractivity contribution in [1.29, 1.82) is 0 Å². The molecule has 106 valence electrons. The van der Waals surface area contributed by atoms with Gasteiger partial charge in [0, 0.05) is 18.8 Å². The number of hydrogen-bond acceptors (Lipinski definition) is 1. The number of rotatable bonds is 2. The van der Waals surface area contributed by atoms with Crippen molar-refractivity contribution in [1.82, 2.24) is 0 Å². The van der Waals surface area contributed by atoms with Crippen molar-refractivity contribution in [2.45, 2.75) is 43.3 Å². The summed E-state index contributed by atoms with van der Waals surface area (Å²) >= 11 is 6.31. The van der Waals surface area contributed by atoms with E-state index in [2.05, 4.69) is 0 Å². The Balaban J connectivity index is 2.13. The lowest BCUT2D eigenvalue weighted by atomic mass is 9.93. The van der Waals surface area contributed by atoms with E-state index in [0.717, 1.165) is 43.5 Å². The van der Waals surface area contributed by atoms with Crippen molar-refractivity contribution in [3.63, 3.8) is 0 Å². The third-order valence-corrected chi connectivity index (χ3v) is 4.26. The third kappa shape index (κ3) is 3.35. The maximum absolute atomic E-state index is 12.5. The molecule has 1 saturated carbocycles. The van der Waals surface area contributed by atoms with Gasteiger partial charge in [-0.05, 0) is 37.1 Å². The molecule has 0 heterocycles. The van der Waals surface area contributed by atoms with Crippen LogP contribution in [0.5, 0.6) is 0 Å². The van der Waals surface area contributed by atoms with Gasteiger partial charge in [-0.3, -0.25) is 0 Å². The van der Waals surface area contributed by atoms with Crippen molar-refractivity contribution < 1.29 is 13.2 Å². The fourth-order valence-corrected chi connectivity index (χ4v) is 3.03. The highest BCUT2D eigenvalue weighted by Gasteiger charge is 2.31. The molecular weight excluding hydrogens is 275 g/mol. The summed E-state index contributed by atoms with van der Waals surface area (Å²) in [7, 11) is 1.90. The zero-order chi connectivity index (χ0) is 14.0. The number of alkyl halides is 4. The van der Waals surface area contributed by atoms with E-state index in [9.17, 15) is 13.2 Å². The molecule has 5 heteroatoms. The Hall–Kier alpha value is -0.900. The predicted molar refractivity (Wildman–Crippen MR) is 71.7 cm³/mol. The Morgan fingerprint density at radius 1 is 1.11 bits per heavy atom. The average Bonchev–Trinajstić information content (AvgIpc) is 2.38. The first-order chi connectivity index (χ1) is 8.89. The van der Waals surface area contributed by atoms with Crippen LogP contribution < -0.4 is 4.90 Å². The smallest absolute Gasteiger partial charge is 0.370 e. The molecular formula is C14H17ClF3N. The highest BCUT2D eigenvalue weighted by Crippen LogP contribution is 2.33. The lowest BCUT2D eigenvalue weighted by Gasteiger charge is -2.36. The van der Waals surface area contributed by atoms with Crippen LogP contribution >= 0.6 is 11.6 Å². The van der Waals surface area contributed by atoms with Crippen LogP contribution in [0.3, 0.4) is 0 Å². The van der Waals surface area contributed by atoms with Gasteiger partial charge in [-0.1, -0.05) is 12.8 Å². The van der Waals surface area contributed by atoms with Gasteiger partial charge >= 0.3 is 6.18 Å². The predicted octanol–water partition coefficient (Wildman–Crippen LogP) is 4.69. The maximum atomic E-state index is 12.5. The Morgan fingerprint density at radius 3 is 2.21 bits per heavy atom. The molecule has 1 nitrogen and oxygen atoms in total. The number of halogens is 4. The second kappa shape index (κ2) is 5.61. The minimum Gasteiger partial charge on any atom is -0.370 e. The maximum Gasteiger partial charge on any atom is 0.416 e. The van der Waals surface area contributed by atoms with E-state index < -0.39 is 11.7 Å². The molecule has 0 saturated heterocycles. The minimum absolute atomic E-state index is 0.0704. The summed E-state index contributed by atoms with van der Waals surface area (Å²) in [6.45, 7) is 0. The first-order valence-corrected chi connectivity index (χ1v) is 6.87. The summed E-state index contributed by atoms with van der Waals surface area (Å²) in [6, 6.07) is 5.48. The van der Waals surface area contributed by atoms with Crippen LogP contribution in [-0.2, 0) is 6.18 Å². The van der Waals surface area contributed by atoms with Crippen molar-refractivity contribution in [3.8, 4) is 0 Å². The van der Waals surface area contributed by atoms with E-state index in [1.165, 1.54) is 12.1 Å². The molecule has 1 aromatic rings. The van der Waals surface area contributed by atoms with E-state index >= 15 is 0 Å². The lowest BCUT2D eigenvalue weighted by molar-refractivity contribution is -0.137. The molecule has 19 heavy (non-hydrogen) atoms. The quantitative estimate of drug-likeness (QED) is 0.714. The van der Waals surface area contributed by atoms with E-state index in [1.807, 2.05) is 11.9 Å². The van der Waals surface area contributed by atoms with Crippen molar-refractivity contribution in [3.05, 3.63) is 29.8 Å². The van der Waals surface area contributed by atoms with Crippen LogP contribution in [0.15, 0.2) is 24.3 Å². The zero-order valence-electron chi connectivity index (χ0n) is 10.8. The van der Waals surface area contributed by atoms with Crippen LogP contribution in [-0.4, -0.2) is 18.5 Å². The molecule has 2 atom stereocenters. The average molecular weight is 292 g/mol. The van der Waals surface area contributed by atoms with Crippen LogP contribution in [0.4, 0.5) is 18.9 Å². The summed E-state index contributed by atoms with van der Waals surface area (Å²) in [6.07, 6.45) is -0.0653. The van der Waals surface area contributed by atoms with E-state index in [0.29, 0.717) is 0 Å². The summed E-state index contributed by atoms with van der Waals surface area (Å²) in [5, 5.41) is 0.0704. The molecule has 0 aromatic heterocycles. The summed E-state index contributed by atoms with van der Waals surface area (Å²) in [4.78, 5) is 2.00. The van der Waals surface area contributed by atoms with Gasteiger partial charge in [0.2, 0.25) is 0 Å². The number of hydrogen-bond donors (Lipinski definition) is 0. The summed E-state index contributed by atoms with van der Waals surface area (Å²) in [5.74, 6) is 0. The molecule has 0 N–H and O–H groups in total. The molecule has 0 amide bonds. The van der Waals surface area contributed by atoms with Crippen molar-refractivity contribution >= 4 is 17.3 Å². The van der Waals surface area contributed by atoms with Crippen molar-refractivity contribution in [2.75, 3.05) is 11.9 Å². The Labute approximate surface area is 116 Å². The van der Waals surface area contributed by atoms with Gasteiger partial charge < -0.3 is 4.90 Å². The fourth-order valence-electron chi connectivity index (χ4n) is 2.58. The van der Waals surface area contributed by atoms with Crippen molar-refractivity contribution in [2.24, 2.45) is 0 Å². The van der Waals surface area contributed by atoms with Gasteiger partial charge in [-0.25, -0.2) is 0 Å². The number of benzene rings is 1. The second-order valence-electron chi connectivity index (χ2n) is 5.02. The standard InChI is InChI=1S/C14H17ClF3N/c1-19(13-5-3-2-4-12(13)15)11-8-6-10(7-9-11)14(16,17)18/h6-9,12-13H,2-5H2,1H3. The first kappa shape index (κ1) is 14.5. The number of anilines is 1. The topological polar surface area (TPSA) is 3.24 Å². The first-order valence-electron chi connectivity index (χ1n) is 6.44. The van der Waals surface area contributed by atoms with Crippen LogP contribution in [0.25, 0.3) is 0 Å². The molecule has 1 fully saturated rings. The monoisotopic (exact) mass is 291 g/mol. The molecule has 2 rings (SSSR count). The van der Waals surface area contributed by atoms with E-state index in [1.54, 1.807) is 0 Å². The van der Waals surface area contributed by atoms with E-state index in [-0.39, 0.29) is 11.4 Å². The van der Waals surface area contributed by atoms with Gasteiger partial charge in [0.25, 0.3) is 0 Å². The van der Waals surface area contributed by atoms with Gasteiger partial charge in [0.15, 0.2) is 0 Å². The zero-order valence-corrected chi connectivity index (χ0v) is 11.5. The third-order valence-electron chi connectivity index (χ3n) is 3.75. The molecule has 0 spiro atoms. The second-order valence-corrected chi connectivity index (χ2v) is 5.58. The molecule has 1 aliphatic carbocycles. The molecule has 0 bridgehead atoms. The Morgan fingerprint density at radius 2 is 1.68 bits per heavy atom. The van der Waals surface area contributed by atoms with E-state index in [4.69, 9.17) is 11.6 Å². The van der Waals surface area contributed by atoms with Gasteiger partial charge in [0.1, 0.15) is 0 Å². The molecule has 0 aliphatic heterocycles. The van der Waals surface area contributed by atoms with Gasteiger partial charge in [-0.2, -0.15) is 13.2 Å². The molecule has 2 unspecified atom stereocenters. The molecule has 0 radical (unpaired) electrons. The minimum atomic E-state index is -4.28. The molecule has 1 aromatic carbocycles. The summed E-state index contributed by atoms with van der Waals surface area (Å²) < 4.78 is 37.5.